The van der Waals surface area contributed by atoms with Gasteiger partial charge in [-0.15, -0.1) is 11.6 Å². The van der Waals surface area contributed by atoms with Crippen LogP contribution in [0.2, 0.25) is 5.02 Å². The van der Waals surface area contributed by atoms with Gasteiger partial charge < -0.3 is 15.2 Å². The first kappa shape index (κ1) is 25.9. The monoisotopic (exact) mass is 502 g/mol. The first-order chi connectivity index (χ1) is 15.1. The van der Waals surface area contributed by atoms with Crippen LogP contribution in [0.25, 0.3) is 0 Å². The van der Waals surface area contributed by atoms with Crippen molar-refractivity contribution >= 4 is 45.0 Å². The number of nitrogens with zero attached hydrogens (tertiary/aromatic N) is 2. The lowest BCUT2D eigenvalue weighted by Crippen LogP contribution is -2.39. The number of aromatic nitrogens is 1. The van der Waals surface area contributed by atoms with Crippen molar-refractivity contribution in [3.63, 3.8) is 0 Å². The molecule has 0 atom stereocenters. The number of sulfonamides is 1. The summed E-state index contributed by atoms with van der Waals surface area (Å²) in [6.45, 7) is 0.0444. The lowest BCUT2D eigenvalue weighted by atomic mass is 10.2. The molecule has 0 aliphatic rings. The Labute approximate surface area is 196 Å². The maximum Gasteiger partial charge on any atom is 0.268 e. The van der Waals surface area contributed by atoms with Crippen molar-refractivity contribution in [2.75, 3.05) is 32.3 Å². The second-order valence-electron chi connectivity index (χ2n) is 6.94. The summed E-state index contributed by atoms with van der Waals surface area (Å²) >= 11 is 11.6. The highest BCUT2D eigenvalue weighted by atomic mass is 35.5. The van der Waals surface area contributed by atoms with E-state index < -0.39 is 27.4 Å². The largest absolute Gasteiger partial charge is 0.350 e. The quantitative estimate of drug-likeness (QED) is 0.474. The molecule has 0 aliphatic heterocycles. The van der Waals surface area contributed by atoms with E-state index in [0.29, 0.717) is 5.02 Å². The minimum atomic E-state index is -3.49. The molecule has 2 amide bonds. The fourth-order valence-electron chi connectivity index (χ4n) is 2.70. The van der Waals surface area contributed by atoms with Crippen LogP contribution >= 0.6 is 23.2 Å². The van der Waals surface area contributed by atoms with Crippen LogP contribution in [0.15, 0.2) is 41.2 Å². The maximum atomic E-state index is 12.8. The molecule has 0 unspecified atom stereocenters. The van der Waals surface area contributed by atoms with E-state index in [1.807, 2.05) is 0 Å². The first-order valence-corrected chi connectivity index (χ1v) is 12.1. The van der Waals surface area contributed by atoms with Gasteiger partial charge in [-0.3, -0.25) is 14.4 Å². The molecule has 2 aromatic rings. The standard InChI is InChI=1S/C20H24Cl2N4O5S/c1-25(2)32(30,31)12-10-23-19(28)17-8-7-16(20(29)26(17)11-9-21)18(27)24-13-14-3-5-15(22)6-4-14/h3-8H,9-13H2,1-2H3,(H,23,28)(H,24,27). The van der Waals surface area contributed by atoms with E-state index in [2.05, 4.69) is 10.6 Å². The summed E-state index contributed by atoms with van der Waals surface area (Å²) in [5.74, 6) is -1.51. The molecule has 9 nitrogen and oxygen atoms in total. The molecule has 2 N–H and O–H groups in total. The number of halogens is 2. The summed E-state index contributed by atoms with van der Waals surface area (Å²) in [4.78, 5) is 37.9. The number of amides is 2. The van der Waals surface area contributed by atoms with Crippen molar-refractivity contribution in [2.45, 2.75) is 13.1 Å². The van der Waals surface area contributed by atoms with Gasteiger partial charge in [0.05, 0.1) is 5.75 Å². The molecule has 32 heavy (non-hydrogen) atoms. The molecule has 174 valence electrons. The van der Waals surface area contributed by atoms with E-state index in [0.717, 1.165) is 14.4 Å². The summed E-state index contributed by atoms with van der Waals surface area (Å²) in [5.41, 5.74) is -0.0386. The molecular formula is C20H24Cl2N4O5S. The third-order valence-electron chi connectivity index (χ3n) is 4.53. The molecular weight excluding hydrogens is 479 g/mol. The predicted molar refractivity (Wildman–Crippen MR) is 124 cm³/mol. The third kappa shape index (κ3) is 6.80. The van der Waals surface area contributed by atoms with Crippen molar-refractivity contribution in [1.82, 2.24) is 19.5 Å². The molecule has 1 aromatic heterocycles. The number of carbonyl (C=O) groups excluding carboxylic acids is 2. The molecule has 0 fully saturated rings. The summed E-state index contributed by atoms with van der Waals surface area (Å²) in [6.07, 6.45) is 0. The number of benzene rings is 1. The van der Waals surface area contributed by atoms with Crippen molar-refractivity contribution in [1.29, 1.82) is 0 Å². The fraction of sp³-hybridized carbons (Fsp3) is 0.350. The summed E-state index contributed by atoms with van der Waals surface area (Å²) in [6, 6.07) is 9.47. The number of hydrogen-bond acceptors (Lipinski definition) is 5. The molecule has 1 aromatic carbocycles. The summed E-state index contributed by atoms with van der Waals surface area (Å²) < 4.78 is 25.8. The van der Waals surface area contributed by atoms with Crippen LogP contribution in [0, 0.1) is 0 Å². The first-order valence-electron chi connectivity index (χ1n) is 9.57. The Hall–Kier alpha value is -2.40. The zero-order valence-corrected chi connectivity index (χ0v) is 19.9. The fourth-order valence-corrected chi connectivity index (χ4v) is 3.72. The minimum absolute atomic E-state index is 0.00254. The molecule has 0 saturated carbocycles. The molecule has 0 bridgehead atoms. The van der Waals surface area contributed by atoms with Crippen LogP contribution in [0.5, 0.6) is 0 Å². The second-order valence-corrected chi connectivity index (χ2v) is 10.1. The molecule has 2 rings (SSSR count). The third-order valence-corrected chi connectivity index (χ3v) is 6.78. The Bertz CT molecular complexity index is 1130. The zero-order chi connectivity index (χ0) is 23.9. The number of hydrogen-bond donors (Lipinski definition) is 2. The Morgan fingerprint density at radius 1 is 1.03 bits per heavy atom. The molecule has 12 heteroatoms. The zero-order valence-electron chi connectivity index (χ0n) is 17.6. The van der Waals surface area contributed by atoms with Crippen LogP contribution in [0.1, 0.15) is 26.4 Å². The van der Waals surface area contributed by atoms with Gasteiger partial charge in [0.2, 0.25) is 10.0 Å². The smallest absolute Gasteiger partial charge is 0.268 e. The van der Waals surface area contributed by atoms with Crippen molar-refractivity contribution in [3.05, 3.63) is 68.6 Å². The Morgan fingerprint density at radius 2 is 1.69 bits per heavy atom. The molecule has 0 saturated heterocycles. The van der Waals surface area contributed by atoms with Gasteiger partial charge in [0.1, 0.15) is 11.3 Å². The Kier molecular flexibility index (Phi) is 9.26. The Morgan fingerprint density at radius 3 is 2.28 bits per heavy atom. The maximum absolute atomic E-state index is 12.8. The van der Waals surface area contributed by atoms with Gasteiger partial charge in [0.25, 0.3) is 17.4 Å². The topological polar surface area (TPSA) is 118 Å². The van der Waals surface area contributed by atoms with E-state index in [4.69, 9.17) is 23.2 Å². The van der Waals surface area contributed by atoms with E-state index in [1.165, 1.54) is 26.2 Å². The lowest BCUT2D eigenvalue weighted by molar-refractivity contribution is 0.0931. The van der Waals surface area contributed by atoms with Gasteiger partial charge in [0.15, 0.2) is 0 Å². The highest BCUT2D eigenvalue weighted by Gasteiger charge is 2.20. The summed E-state index contributed by atoms with van der Waals surface area (Å²) in [7, 11) is -0.696. The number of rotatable bonds is 10. The van der Waals surface area contributed by atoms with Gasteiger partial charge in [-0.1, -0.05) is 23.7 Å². The van der Waals surface area contributed by atoms with E-state index in [-0.39, 0.29) is 42.5 Å². The van der Waals surface area contributed by atoms with Gasteiger partial charge >= 0.3 is 0 Å². The number of carbonyl (C=O) groups is 2. The van der Waals surface area contributed by atoms with Crippen LogP contribution < -0.4 is 16.2 Å². The van der Waals surface area contributed by atoms with Crippen LogP contribution in [-0.4, -0.2) is 61.4 Å². The number of pyridine rings is 1. The average Bonchev–Trinajstić information content (AvgIpc) is 2.74. The van der Waals surface area contributed by atoms with Gasteiger partial charge in [-0.05, 0) is 29.8 Å². The molecule has 1 heterocycles. The van der Waals surface area contributed by atoms with Crippen molar-refractivity contribution < 1.29 is 18.0 Å². The van der Waals surface area contributed by atoms with Gasteiger partial charge in [-0.2, -0.15) is 0 Å². The van der Waals surface area contributed by atoms with Gasteiger partial charge in [-0.25, -0.2) is 12.7 Å². The molecule has 0 spiro atoms. The number of nitrogens with one attached hydrogen (secondary N) is 2. The van der Waals surface area contributed by atoms with Crippen LogP contribution in [-0.2, 0) is 23.1 Å². The molecule has 0 aliphatic carbocycles. The highest BCUT2D eigenvalue weighted by Crippen LogP contribution is 2.09. The van der Waals surface area contributed by atoms with Crippen molar-refractivity contribution in [2.24, 2.45) is 0 Å². The van der Waals surface area contributed by atoms with Crippen LogP contribution in [0.3, 0.4) is 0 Å². The van der Waals surface area contributed by atoms with E-state index >= 15 is 0 Å². The normalized spacial score (nSPS) is 11.4. The second kappa shape index (κ2) is 11.5. The summed E-state index contributed by atoms with van der Waals surface area (Å²) in [5, 5.41) is 5.70. The van der Waals surface area contributed by atoms with E-state index in [9.17, 15) is 22.8 Å². The minimum Gasteiger partial charge on any atom is -0.350 e. The Balaban J connectivity index is 2.16. The van der Waals surface area contributed by atoms with Crippen molar-refractivity contribution in [3.8, 4) is 0 Å². The SMILES string of the molecule is CN(C)S(=O)(=O)CCNC(=O)c1ccc(C(=O)NCc2ccc(Cl)cc2)c(=O)n1CCCl. The average molecular weight is 503 g/mol. The number of alkyl halides is 1. The highest BCUT2D eigenvalue weighted by molar-refractivity contribution is 7.89. The van der Waals surface area contributed by atoms with Gasteiger partial charge in [0, 0.05) is 44.6 Å². The molecule has 0 radical (unpaired) electrons. The van der Waals surface area contributed by atoms with Crippen LogP contribution in [0.4, 0.5) is 0 Å². The lowest BCUT2D eigenvalue weighted by Gasteiger charge is -2.15. The predicted octanol–water partition coefficient (Wildman–Crippen LogP) is 1.29. The van der Waals surface area contributed by atoms with E-state index in [1.54, 1.807) is 24.3 Å².